The van der Waals surface area contributed by atoms with Gasteiger partial charge in [0.05, 0.1) is 17.8 Å². The maximum Gasteiger partial charge on any atom is 0.275 e. The molecule has 0 bridgehead atoms. The lowest BCUT2D eigenvalue weighted by Gasteiger charge is -2.13. The van der Waals surface area contributed by atoms with Crippen LogP contribution in [0.25, 0.3) is 0 Å². The van der Waals surface area contributed by atoms with Gasteiger partial charge in [-0.05, 0) is 30.7 Å². The number of halogens is 3. The largest absolute Gasteiger partial charge is 0.381 e. The van der Waals surface area contributed by atoms with Crippen LogP contribution in [0.1, 0.15) is 28.0 Å². The predicted molar refractivity (Wildman–Crippen MR) is 113 cm³/mol. The zero-order valence-corrected chi connectivity index (χ0v) is 17.1. The third-order valence-electron chi connectivity index (χ3n) is 4.87. The molecule has 1 N–H and O–H groups in total. The lowest BCUT2D eigenvalue weighted by molar-refractivity contribution is 0.101. The first kappa shape index (κ1) is 21.0. The summed E-state index contributed by atoms with van der Waals surface area (Å²) in [5.74, 6) is 3.14. The van der Waals surface area contributed by atoms with Gasteiger partial charge >= 0.3 is 0 Å². The Kier molecular flexibility index (Phi) is 6.31. The van der Waals surface area contributed by atoms with Crippen LogP contribution in [0.15, 0.2) is 48.7 Å². The van der Waals surface area contributed by atoms with Gasteiger partial charge in [0.15, 0.2) is 11.6 Å². The highest BCUT2D eigenvalue weighted by atomic mass is 35.5. The second kappa shape index (κ2) is 9.29. The molecule has 2 aromatic carbocycles. The number of aromatic nitrogens is 2. The van der Waals surface area contributed by atoms with Crippen LogP contribution in [0.4, 0.5) is 14.5 Å². The third kappa shape index (κ3) is 4.93. The smallest absolute Gasteiger partial charge is 0.275 e. The topological polar surface area (TPSA) is 56.2 Å². The standard InChI is InChI=1S/C23H18ClF2N3O2/c24-18-12-27-29(13-17-8-9-31-14-17)22(18)23(30)28-21-19(25)10-16(11-20(21)26)7-6-15-4-2-1-3-5-15/h1-5,10-12,17H,8-9,13-14H2,(H,28,30). The number of ether oxygens (including phenoxy) is 1. The van der Waals surface area contributed by atoms with E-state index in [1.807, 2.05) is 18.2 Å². The summed E-state index contributed by atoms with van der Waals surface area (Å²) in [6.07, 6.45) is 2.18. The minimum absolute atomic E-state index is 0.0420. The van der Waals surface area contributed by atoms with Gasteiger partial charge in [-0.3, -0.25) is 9.48 Å². The molecule has 1 aliphatic heterocycles. The van der Waals surface area contributed by atoms with E-state index in [1.165, 1.54) is 10.9 Å². The molecule has 2 heterocycles. The lowest BCUT2D eigenvalue weighted by Crippen LogP contribution is -2.22. The molecule has 0 radical (unpaired) electrons. The van der Waals surface area contributed by atoms with Crippen LogP contribution in [0, 0.1) is 29.4 Å². The summed E-state index contributed by atoms with van der Waals surface area (Å²) < 4.78 is 35.9. The van der Waals surface area contributed by atoms with Crippen molar-refractivity contribution in [1.82, 2.24) is 9.78 Å². The normalized spacial score (nSPS) is 15.4. The number of rotatable bonds is 4. The Hall–Kier alpha value is -3.21. The molecule has 1 fully saturated rings. The summed E-state index contributed by atoms with van der Waals surface area (Å²) in [4.78, 5) is 12.7. The van der Waals surface area contributed by atoms with Crippen molar-refractivity contribution in [3.63, 3.8) is 0 Å². The maximum absolute atomic E-state index is 14.6. The summed E-state index contributed by atoms with van der Waals surface area (Å²) >= 11 is 6.11. The van der Waals surface area contributed by atoms with E-state index < -0.39 is 23.2 Å². The molecular weight excluding hydrogens is 424 g/mol. The summed E-state index contributed by atoms with van der Waals surface area (Å²) in [6.45, 7) is 1.64. The van der Waals surface area contributed by atoms with Gasteiger partial charge in [0.25, 0.3) is 5.91 Å². The molecular formula is C23H18ClF2N3O2. The number of carbonyl (C=O) groups excluding carboxylic acids is 1. The average Bonchev–Trinajstić information content (AvgIpc) is 3.40. The molecule has 8 heteroatoms. The highest BCUT2D eigenvalue weighted by Gasteiger charge is 2.24. The SMILES string of the molecule is O=C(Nc1c(F)cc(C#Cc2ccccc2)cc1F)c1c(Cl)cnn1CC1CCOC1. The number of nitrogens with zero attached hydrogens (tertiary/aromatic N) is 2. The van der Waals surface area contributed by atoms with Crippen LogP contribution in [-0.4, -0.2) is 28.9 Å². The van der Waals surface area contributed by atoms with Crippen LogP contribution in [0.2, 0.25) is 5.02 Å². The van der Waals surface area contributed by atoms with Gasteiger partial charge in [-0.1, -0.05) is 41.6 Å². The van der Waals surface area contributed by atoms with Crippen molar-refractivity contribution in [3.8, 4) is 11.8 Å². The van der Waals surface area contributed by atoms with Crippen molar-refractivity contribution in [1.29, 1.82) is 0 Å². The van der Waals surface area contributed by atoms with Crippen molar-refractivity contribution < 1.29 is 18.3 Å². The number of anilines is 1. The highest BCUT2D eigenvalue weighted by Crippen LogP contribution is 2.24. The summed E-state index contributed by atoms with van der Waals surface area (Å²) in [6, 6.07) is 11.2. The van der Waals surface area contributed by atoms with E-state index in [2.05, 4.69) is 22.3 Å². The Bertz CT molecular complexity index is 1140. The highest BCUT2D eigenvalue weighted by molar-refractivity contribution is 6.34. The second-order valence-electron chi connectivity index (χ2n) is 7.14. The van der Waals surface area contributed by atoms with Crippen molar-refractivity contribution in [2.45, 2.75) is 13.0 Å². The molecule has 1 aliphatic rings. The first-order valence-corrected chi connectivity index (χ1v) is 10.1. The molecule has 3 aromatic rings. The monoisotopic (exact) mass is 441 g/mol. The summed E-state index contributed by atoms with van der Waals surface area (Å²) in [5, 5.41) is 6.49. The Morgan fingerprint density at radius 3 is 2.58 bits per heavy atom. The molecule has 1 atom stereocenters. The lowest BCUT2D eigenvalue weighted by atomic mass is 10.1. The fraction of sp³-hybridized carbons (Fsp3) is 0.217. The van der Waals surface area contributed by atoms with Crippen LogP contribution >= 0.6 is 11.6 Å². The number of carbonyl (C=O) groups is 1. The molecule has 1 saturated heterocycles. The molecule has 31 heavy (non-hydrogen) atoms. The number of hydrogen-bond donors (Lipinski definition) is 1. The Balaban J connectivity index is 1.54. The van der Waals surface area contributed by atoms with Crippen LogP contribution in [-0.2, 0) is 11.3 Å². The molecule has 1 unspecified atom stereocenters. The van der Waals surface area contributed by atoms with E-state index in [9.17, 15) is 13.6 Å². The zero-order valence-electron chi connectivity index (χ0n) is 16.4. The van der Waals surface area contributed by atoms with E-state index in [0.29, 0.717) is 19.8 Å². The molecule has 1 amide bonds. The van der Waals surface area contributed by atoms with Crippen LogP contribution < -0.4 is 5.32 Å². The number of benzene rings is 2. The molecule has 158 valence electrons. The first-order valence-electron chi connectivity index (χ1n) is 9.68. The van der Waals surface area contributed by atoms with E-state index in [1.54, 1.807) is 12.1 Å². The van der Waals surface area contributed by atoms with E-state index in [0.717, 1.165) is 24.1 Å². The van der Waals surface area contributed by atoms with E-state index >= 15 is 0 Å². The van der Waals surface area contributed by atoms with Gasteiger partial charge in [-0.25, -0.2) is 8.78 Å². The fourth-order valence-electron chi connectivity index (χ4n) is 3.30. The van der Waals surface area contributed by atoms with Crippen molar-refractivity contribution in [2.24, 2.45) is 5.92 Å². The quantitative estimate of drug-likeness (QED) is 0.606. The third-order valence-corrected chi connectivity index (χ3v) is 5.15. The van der Waals surface area contributed by atoms with Crippen LogP contribution in [0.3, 0.4) is 0 Å². The minimum atomic E-state index is -0.933. The van der Waals surface area contributed by atoms with E-state index in [-0.39, 0.29) is 22.2 Å². The predicted octanol–water partition coefficient (Wildman–Crippen LogP) is 4.50. The van der Waals surface area contributed by atoms with Crippen LogP contribution in [0.5, 0.6) is 0 Å². The van der Waals surface area contributed by atoms with Gasteiger partial charge in [-0.15, -0.1) is 0 Å². The van der Waals surface area contributed by atoms with Gasteiger partial charge in [0.1, 0.15) is 11.4 Å². The van der Waals surface area contributed by atoms with Crippen molar-refractivity contribution in [3.05, 3.63) is 82.1 Å². The Morgan fingerprint density at radius 2 is 1.90 bits per heavy atom. The van der Waals surface area contributed by atoms with Crippen molar-refractivity contribution >= 4 is 23.2 Å². The number of nitrogens with one attached hydrogen (secondary N) is 1. The first-order chi connectivity index (χ1) is 15.0. The Morgan fingerprint density at radius 1 is 1.19 bits per heavy atom. The second-order valence-corrected chi connectivity index (χ2v) is 7.55. The Labute approximate surface area is 183 Å². The molecule has 0 saturated carbocycles. The molecule has 5 nitrogen and oxygen atoms in total. The van der Waals surface area contributed by atoms with E-state index in [4.69, 9.17) is 16.3 Å². The summed E-state index contributed by atoms with van der Waals surface area (Å²) in [5.41, 5.74) is 0.348. The van der Waals surface area contributed by atoms with Gasteiger partial charge < -0.3 is 10.1 Å². The van der Waals surface area contributed by atoms with Crippen molar-refractivity contribution in [2.75, 3.05) is 18.5 Å². The van der Waals surface area contributed by atoms with Gasteiger partial charge in [-0.2, -0.15) is 5.10 Å². The molecule has 0 spiro atoms. The molecule has 0 aliphatic carbocycles. The molecule has 1 aromatic heterocycles. The van der Waals surface area contributed by atoms with Gasteiger partial charge in [0, 0.05) is 30.2 Å². The minimum Gasteiger partial charge on any atom is -0.381 e. The van der Waals surface area contributed by atoms with Gasteiger partial charge in [0.2, 0.25) is 0 Å². The maximum atomic E-state index is 14.6. The number of amides is 1. The summed E-state index contributed by atoms with van der Waals surface area (Å²) in [7, 11) is 0. The fourth-order valence-corrected chi connectivity index (χ4v) is 3.53. The zero-order chi connectivity index (χ0) is 21.8. The average molecular weight is 442 g/mol. The number of hydrogen-bond acceptors (Lipinski definition) is 3. The molecule has 4 rings (SSSR count).